The number of carbonyl (C=O) groups is 3. The number of benzene rings is 3. The molecule has 180 valence electrons. The second-order valence-electron chi connectivity index (χ2n) is 7.78. The fourth-order valence-electron chi connectivity index (χ4n) is 4.02. The molecular formula is C25H20F2N2O6. The van der Waals surface area contributed by atoms with E-state index in [1.807, 2.05) is 53.8 Å². The highest BCUT2D eigenvalue weighted by Crippen LogP contribution is 2.44. The van der Waals surface area contributed by atoms with Gasteiger partial charge in [-0.15, -0.1) is 0 Å². The molecular weight excluding hydrogens is 462 g/mol. The van der Waals surface area contributed by atoms with Crippen molar-refractivity contribution in [3.8, 4) is 11.1 Å². The largest absolute Gasteiger partial charge is 0.480 e. The van der Waals surface area contributed by atoms with E-state index in [0.717, 1.165) is 34.4 Å². The van der Waals surface area contributed by atoms with E-state index in [4.69, 9.17) is 14.9 Å². The van der Waals surface area contributed by atoms with Crippen molar-refractivity contribution in [3.05, 3.63) is 89.0 Å². The molecule has 0 unspecified atom stereocenters. The summed E-state index contributed by atoms with van der Waals surface area (Å²) in [5, 5.41) is 21.9. The number of aliphatic hydroxyl groups excluding tert-OH is 1. The summed E-state index contributed by atoms with van der Waals surface area (Å²) in [6.07, 6.45) is -1.03. The van der Waals surface area contributed by atoms with Gasteiger partial charge in [0.1, 0.15) is 18.0 Å². The summed E-state index contributed by atoms with van der Waals surface area (Å²) >= 11 is 0. The molecule has 4 rings (SSSR count). The number of carbonyl (C=O) groups excluding carboxylic acids is 2. The van der Waals surface area contributed by atoms with Crippen molar-refractivity contribution < 1.29 is 38.1 Å². The normalized spacial score (nSPS) is 12.9. The second kappa shape index (κ2) is 9.90. The Bertz CT molecular complexity index is 1270. The third-order valence-electron chi connectivity index (χ3n) is 5.68. The van der Waals surface area contributed by atoms with Gasteiger partial charge in [-0.25, -0.2) is 18.4 Å². The van der Waals surface area contributed by atoms with E-state index in [1.54, 1.807) is 0 Å². The minimum Gasteiger partial charge on any atom is -0.480 e. The summed E-state index contributed by atoms with van der Waals surface area (Å²) in [5.74, 6) is -5.93. The minimum absolute atomic E-state index is 0.0488. The zero-order valence-electron chi connectivity index (χ0n) is 18.1. The molecule has 4 N–H and O–H groups in total. The van der Waals surface area contributed by atoms with Crippen LogP contribution in [0.4, 0.5) is 19.3 Å². The van der Waals surface area contributed by atoms with Crippen LogP contribution < -0.4 is 10.6 Å². The number of aliphatic hydroxyl groups is 1. The lowest BCUT2D eigenvalue weighted by atomic mass is 9.98. The fourth-order valence-corrected chi connectivity index (χ4v) is 4.02. The number of amides is 2. The summed E-state index contributed by atoms with van der Waals surface area (Å²) in [7, 11) is 0. The van der Waals surface area contributed by atoms with Crippen molar-refractivity contribution in [2.75, 3.05) is 18.5 Å². The first-order chi connectivity index (χ1) is 16.8. The predicted octanol–water partition coefficient (Wildman–Crippen LogP) is 3.50. The Hall–Kier alpha value is -4.31. The Kier molecular flexibility index (Phi) is 6.74. The second-order valence-corrected chi connectivity index (χ2v) is 7.78. The summed E-state index contributed by atoms with van der Waals surface area (Å²) < 4.78 is 34.3. The number of hydrogen-bond acceptors (Lipinski definition) is 5. The number of aliphatic carboxylic acids is 1. The van der Waals surface area contributed by atoms with Gasteiger partial charge in [-0.05, 0) is 34.4 Å². The molecule has 0 bridgehead atoms. The number of carboxylic acid groups (broad SMARTS) is 1. The van der Waals surface area contributed by atoms with Crippen LogP contribution in [0.3, 0.4) is 0 Å². The number of anilines is 1. The van der Waals surface area contributed by atoms with Gasteiger partial charge in [0.15, 0.2) is 11.9 Å². The molecule has 1 atom stereocenters. The van der Waals surface area contributed by atoms with Crippen molar-refractivity contribution in [3.63, 3.8) is 0 Å². The van der Waals surface area contributed by atoms with E-state index in [9.17, 15) is 23.2 Å². The highest BCUT2D eigenvalue weighted by atomic mass is 19.1. The first kappa shape index (κ1) is 23.8. The number of carboxylic acids is 1. The molecule has 3 aromatic carbocycles. The quantitative estimate of drug-likeness (QED) is 0.409. The Labute approximate surface area is 198 Å². The van der Waals surface area contributed by atoms with Gasteiger partial charge in [0, 0.05) is 5.92 Å². The van der Waals surface area contributed by atoms with Gasteiger partial charge in [0.2, 0.25) is 0 Å². The molecule has 0 saturated heterocycles. The maximum atomic E-state index is 14.9. The molecule has 2 amide bonds. The summed E-state index contributed by atoms with van der Waals surface area (Å²) in [4.78, 5) is 35.6. The molecule has 10 heteroatoms. The first-order valence-electron chi connectivity index (χ1n) is 10.6. The molecule has 0 fully saturated rings. The van der Waals surface area contributed by atoms with Crippen LogP contribution in [-0.2, 0) is 9.53 Å². The lowest BCUT2D eigenvalue weighted by Gasteiger charge is -2.16. The van der Waals surface area contributed by atoms with Crippen LogP contribution in [0.2, 0.25) is 0 Å². The van der Waals surface area contributed by atoms with Crippen LogP contribution in [0, 0.1) is 11.6 Å². The first-order valence-corrected chi connectivity index (χ1v) is 10.6. The van der Waals surface area contributed by atoms with Crippen LogP contribution >= 0.6 is 0 Å². The Morgan fingerprint density at radius 2 is 1.54 bits per heavy atom. The standard InChI is InChI=1S/C25H20F2N2O6/c26-18-9-10-19(22(27)21(18)23(31)28-20(11-30)24(32)33)29-25(34)35-12-17-15-7-3-1-5-13(15)14-6-2-4-8-16(14)17/h1-10,17,20,30H,11-12H2,(H,28,31)(H,29,34)(H,32,33)/t20-/m1/s1. The highest BCUT2D eigenvalue weighted by molar-refractivity contribution is 5.99. The van der Waals surface area contributed by atoms with E-state index < -0.39 is 53.5 Å². The number of rotatable bonds is 7. The van der Waals surface area contributed by atoms with Crippen LogP contribution in [0.15, 0.2) is 60.7 Å². The van der Waals surface area contributed by atoms with Crippen LogP contribution in [-0.4, -0.2) is 47.4 Å². The molecule has 0 spiro atoms. The van der Waals surface area contributed by atoms with Gasteiger partial charge in [0.05, 0.1) is 12.3 Å². The molecule has 0 aromatic heterocycles. The maximum absolute atomic E-state index is 14.9. The zero-order valence-corrected chi connectivity index (χ0v) is 18.1. The number of hydrogen-bond donors (Lipinski definition) is 4. The van der Waals surface area contributed by atoms with Crippen molar-refractivity contribution in [2.45, 2.75) is 12.0 Å². The molecule has 1 aliphatic rings. The Morgan fingerprint density at radius 3 is 2.11 bits per heavy atom. The molecule has 0 aliphatic heterocycles. The predicted molar refractivity (Wildman–Crippen MR) is 121 cm³/mol. The number of fused-ring (bicyclic) bond motifs is 3. The van der Waals surface area contributed by atoms with Crippen LogP contribution in [0.25, 0.3) is 11.1 Å². The van der Waals surface area contributed by atoms with Crippen molar-refractivity contribution in [1.82, 2.24) is 5.32 Å². The maximum Gasteiger partial charge on any atom is 0.411 e. The smallest absolute Gasteiger partial charge is 0.411 e. The highest BCUT2D eigenvalue weighted by Gasteiger charge is 2.30. The molecule has 0 heterocycles. The van der Waals surface area contributed by atoms with Gasteiger partial charge in [0.25, 0.3) is 5.91 Å². The van der Waals surface area contributed by atoms with Gasteiger partial charge < -0.3 is 20.3 Å². The third-order valence-corrected chi connectivity index (χ3v) is 5.68. The van der Waals surface area contributed by atoms with Gasteiger partial charge >= 0.3 is 12.1 Å². The fraction of sp³-hybridized carbons (Fsp3) is 0.160. The molecule has 1 aliphatic carbocycles. The van der Waals surface area contributed by atoms with Crippen molar-refractivity contribution in [1.29, 1.82) is 0 Å². The topological polar surface area (TPSA) is 125 Å². The lowest BCUT2D eigenvalue weighted by Crippen LogP contribution is -2.43. The van der Waals surface area contributed by atoms with Crippen LogP contribution in [0.5, 0.6) is 0 Å². The molecule has 8 nitrogen and oxygen atoms in total. The molecule has 0 radical (unpaired) electrons. The molecule has 3 aromatic rings. The van der Waals surface area contributed by atoms with E-state index >= 15 is 0 Å². The lowest BCUT2D eigenvalue weighted by molar-refractivity contribution is -0.140. The van der Waals surface area contributed by atoms with E-state index in [2.05, 4.69) is 5.32 Å². The monoisotopic (exact) mass is 482 g/mol. The minimum atomic E-state index is -1.76. The Morgan fingerprint density at radius 1 is 0.943 bits per heavy atom. The third kappa shape index (κ3) is 4.69. The van der Waals surface area contributed by atoms with Gasteiger partial charge in [-0.1, -0.05) is 48.5 Å². The van der Waals surface area contributed by atoms with Gasteiger partial charge in [-0.3, -0.25) is 10.1 Å². The van der Waals surface area contributed by atoms with Crippen molar-refractivity contribution >= 4 is 23.7 Å². The van der Waals surface area contributed by atoms with Crippen molar-refractivity contribution in [2.24, 2.45) is 0 Å². The summed E-state index contributed by atoms with van der Waals surface area (Å²) in [6, 6.07) is 15.3. The SMILES string of the molecule is O=C(Nc1ccc(F)c(C(=O)N[C@H](CO)C(=O)O)c1F)OCC1c2ccccc2-c2ccccc21. The van der Waals surface area contributed by atoms with E-state index in [1.165, 1.54) is 0 Å². The summed E-state index contributed by atoms with van der Waals surface area (Å²) in [5.41, 5.74) is 2.36. The van der Waals surface area contributed by atoms with Crippen LogP contribution in [0.1, 0.15) is 27.4 Å². The summed E-state index contributed by atoms with van der Waals surface area (Å²) in [6.45, 7) is -1.03. The number of nitrogens with one attached hydrogen (secondary N) is 2. The Balaban J connectivity index is 1.48. The number of halogens is 2. The van der Waals surface area contributed by atoms with Gasteiger partial charge in [-0.2, -0.15) is 0 Å². The number of ether oxygens (including phenoxy) is 1. The average Bonchev–Trinajstić information content (AvgIpc) is 3.16. The molecule has 35 heavy (non-hydrogen) atoms. The average molecular weight is 482 g/mol. The zero-order chi connectivity index (χ0) is 25.1. The van der Waals surface area contributed by atoms with E-state index in [-0.39, 0.29) is 12.5 Å². The molecule has 0 saturated carbocycles. The van der Waals surface area contributed by atoms with E-state index in [0.29, 0.717) is 0 Å².